The average molecular weight is 291 g/mol. The van der Waals surface area contributed by atoms with Crippen molar-refractivity contribution in [2.75, 3.05) is 20.3 Å². The number of rotatable bonds is 9. The van der Waals surface area contributed by atoms with E-state index in [1.165, 1.54) is 24.8 Å². The molecule has 1 N–H and O–H groups in total. The average Bonchev–Trinajstić information content (AvgIpc) is 2.45. The zero-order chi connectivity index (χ0) is 15.1. The van der Waals surface area contributed by atoms with Gasteiger partial charge >= 0.3 is 0 Å². The van der Waals surface area contributed by atoms with Crippen LogP contribution >= 0.6 is 0 Å². The molecular formula is C18H29NO2. The van der Waals surface area contributed by atoms with Gasteiger partial charge in [0.1, 0.15) is 5.75 Å². The molecule has 1 aromatic carbocycles. The van der Waals surface area contributed by atoms with Crippen molar-refractivity contribution >= 4 is 0 Å². The van der Waals surface area contributed by atoms with Gasteiger partial charge in [0.15, 0.2) is 0 Å². The van der Waals surface area contributed by atoms with Crippen molar-refractivity contribution in [1.29, 1.82) is 0 Å². The molecule has 0 saturated heterocycles. The SMILES string of the molecule is CCNC(Cc1cccc(OC)c1)CC1CC(OCC)C1. The van der Waals surface area contributed by atoms with E-state index in [-0.39, 0.29) is 0 Å². The Bertz CT molecular complexity index is 415. The molecule has 1 unspecified atom stereocenters. The molecule has 1 atom stereocenters. The molecule has 0 aliphatic heterocycles. The highest BCUT2D eigenvalue weighted by atomic mass is 16.5. The number of hydrogen-bond acceptors (Lipinski definition) is 3. The van der Waals surface area contributed by atoms with Gasteiger partial charge in [-0.2, -0.15) is 0 Å². The lowest BCUT2D eigenvalue weighted by Gasteiger charge is -2.37. The van der Waals surface area contributed by atoms with Crippen LogP contribution in [0.4, 0.5) is 0 Å². The number of likely N-dealkylation sites (N-methyl/N-ethyl adjacent to an activating group) is 1. The van der Waals surface area contributed by atoms with E-state index >= 15 is 0 Å². The van der Waals surface area contributed by atoms with E-state index in [4.69, 9.17) is 9.47 Å². The fourth-order valence-electron chi connectivity index (χ4n) is 3.25. The second kappa shape index (κ2) is 8.40. The monoisotopic (exact) mass is 291 g/mol. The van der Waals surface area contributed by atoms with Gasteiger partial charge in [0, 0.05) is 12.6 Å². The number of nitrogens with one attached hydrogen (secondary N) is 1. The summed E-state index contributed by atoms with van der Waals surface area (Å²) in [6, 6.07) is 8.97. The topological polar surface area (TPSA) is 30.5 Å². The van der Waals surface area contributed by atoms with Crippen molar-refractivity contribution in [3.63, 3.8) is 0 Å². The lowest BCUT2D eigenvalue weighted by Crippen LogP contribution is -2.39. The Balaban J connectivity index is 1.84. The van der Waals surface area contributed by atoms with E-state index in [9.17, 15) is 0 Å². The van der Waals surface area contributed by atoms with Gasteiger partial charge < -0.3 is 14.8 Å². The fraction of sp³-hybridized carbons (Fsp3) is 0.667. The van der Waals surface area contributed by atoms with Crippen molar-refractivity contribution in [3.8, 4) is 5.75 Å². The zero-order valence-corrected chi connectivity index (χ0v) is 13.6. The second-order valence-corrected chi connectivity index (χ2v) is 5.96. The van der Waals surface area contributed by atoms with Crippen LogP contribution in [0.5, 0.6) is 5.75 Å². The van der Waals surface area contributed by atoms with Crippen LogP contribution in [0.15, 0.2) is 24.3 Å². The van der Waals surface area contributed by atoms with Gasteiger partial charge in [-0.1, -0.05) is 19.1 Å². The minimum absolute atomic E-state index is 0.513. The van der Waals surface area contributed by atoms with E-state index in [1.807, 2.05) is 6.07 Å². The number of benzene rings is 1. The maximum Gasteiger partial charge on any atom is 0.119 e. The molecule has 0 radical (unpaired) electrons. The summed E-state index contributed by atoms with van der Waals surface area (Å²) < 4.78 is 11.0. The number of methoxy groups -OCH3 is 1. The number of ether oxygens (including phenoxy) is 2. The first-order chi connectivity index (χ1) is 10.2. The van der Waals surface area contributed by atoms with Crippen molar-refractivity contribution in [2.45, 2.75) is 51.7 Å². The molecule has 2 rings (SSSR count). The molecule has 1 aliphatic rings. The van der Waals surface area contributed by atoms with Gasteiger partial charge in [-0.05, 0) is 62.8 Å². The van der Waals surface area contributed by atoms with Gasteiger partial charge in [0.05, 0.1) is 13.2 Å². The van der Waals surface area contributed by atoms with Gasteiger partial charge in [-0.3, -0.25) is 0 Å². The minimum Gasteiger partial charge on any atom is -0.497 e. The van der Waals surface area contributed by atoms with E-state index in [0.29, 0.717) is 12.1 Å². The lowest BCUT2D eigenvalue weighted by atomic mass is 9.77. The quantitative estimate of drug-likeness (QED) is 0.756. The van der Waals surface area contributed by atoms with Gasteiger partial charge in [0.2, 0.25) is 0 Å². The van der Waals surface area contributed by atoms with Crippen molar-refractivity contribution in [3.05, 3.63) is 29.8 Å². The van der Waals surface area contributed by atoms with Crippen LogP contribution in [-0.2, 0) is 11.2 Å². The molecule has 0 aromatic heterocycles. The molecule has 0 spiro atoms. The molecule has 1 aromatic rings. The molecule has 118 valence electrons. The molecule has 0 bridgehead atoms. The Hall–Kier alpha value is -1.06. The maximum absolute atomic E-state index is 5.66. The highest BCUT2D eigenvalue weighted by Crippen LogP contribution is 2.34. The molecule has 0 heterocycles. The Morgan fingerprint density at radius 1 is 1.29 bits per heavy atom. The van der Waals surface area contributed by atoms with E-state index < -0.39 is 0 Å². The van der Waals surface area contributed by atoms with Crippen LogP contribution in [0.3, 0.4) is 0 Å². The van der Waals surface area contributed by atoms with Crippen LogP contribution in [0, 0.1) is 5.92 Å². The van der Waals surface area contributed by atoms with E-state index in [2.05, 4.69) is 37.4 Å². The van der Waals surface area contributed by atoms with Crippen LogP contribution in [0.1, 0.15) is 38.7 Å². The number of hydrogen-bond donors (Lipinski definition) is 1. The van der Waals surface area contributed by atoms with Crippen LogP contribution < -0.4 is 10.1 Å². The zero-order valence-electron chi connectivity index (χ0n) is 13.6. The summed E-state index contributed by atoms with van der Waals surface area (Å²) in [5.41, 5.74) is 1.35. The van der Waals surface area contributed by atoms with Crippen molar-refractivity contribution in [2.24, 2.45) is 5.92 Å². The smallest absolute Gasteiger partial charge is 0.119 e. The molecule has 3 nitrogen and oxygen atoms in total. The first-order valence-electron chi connectivity index (χ1n) is 8.23. The van der Waals surface area contributed by atoms with Crippen LogP contribution in [0.25, 0.3) is 0 Å². The molecular weight excluding hydrogens is 262 g/mol. The van der Waals surface area contributed by atoms with Gasteiger partial charge in [0.25, 0.3) is 0 Å². The summed E-state index contributed by atoms with van der Waals surface area (Å²) in [5, 5.41) is 3.63. The predicted molar refractivity (Wildman–Crippen MR) is 86.9 cm³/mol. The Morgan fingerprint density at radius 3 is 2.76 bits per heavy atom. The van der Waals surface area contributed by atoms with E-state index in [0.717, 1.165) is 31.2 Å². The first-order valence-corrected chi connectivity index (χ1v) is 8.23. The standard InChI is InChI=1S/C18H29NO2/c1-4-19-16(10-15-12-18(13-15)21-5-2)9-14-7-6-8-17(11-14)20-3/h6-8,11,15-16,18-19H,4-5,9-10,12-13H2,1-3H3. The van der Waals surface area contributed by atoms with Crippen molar-refractivity contribution in [1.82, 2.24) is 5.32 Å². The normalized spacial score (nSPS) is 22.6. The summed E-state index contributed by atoms with van der Waals surface area (Å²) >= 11 is 0. The Kier molecular flexibility index (Phi) is 6.52. The minimum atomic E-state index is 0.513. The predicted octanol–water partition coefficient (Wildman–Crippen LogP) is 3.42. The summed E-state index contributed by atoms with van der Waals surface area (Å²) in [6.45, 7) is 6.13. The largest absolute Gasteiger partial charge is 0.497 e. The molecule has 3 heteroatoms. The Labute approximate surface area is 129 Å². The molecule has 1 fully saturated rings. The highest BCUT2D eigenvalue weighted by Gasteiger charge is 2.31. The van der Waals surface area contributed by atoms with Gasteiger partial charge in [-0.25, -0.2) is 0 Å². The Morgan fingerprint density at radius 2 is 2.10 bits per heavy atom. The first kappa shape index (κ1) is 16.3. The fourth-order valence-corrected chi connectivity index (χ4v) is 3.25. The molecule has 1 aliphatic carbocycles. The summed E-state index contributed by atoms with van der Waals surface area (Å²) in [4.78, 5) is 0. The third-order valence-electron chi connectivity index (χ3n) is 4.32. The highest BCUT2D eigenvalue weighted by molar-refractivity contribution is 5.29. The molecule has 21 heavy (non-hydrogen) atoms. The summed E-state index contributed by atoms with van der Waals surface area (Å²) in [6.07, 6.45) is 5.29. The van der Waals surface area contributed by atoms with Gasteiger partial charge in [-0.15, -0.1) is 0 Å². The summed E-state index contributed by atoms with van der Waals surface area (Å²) in [5.74, 6) is 1.76. The van der Waals surface area contributed by atoms with Crippen LogP contribution in [-0.4, -0.2) is 32.4 Å². The molecule has 0 amide bonds. The third kappa shape index (κ3) is 5.01. The van der Waals surface area contributed by atoms with Crippen molar-refractivity contribution < 1.29 is 9.47 Å². The van der Waals surface area contributed by atoms with Crippen LogP contribution in [0.2, 0.25) is 0 Å². The lowest BCUT2D eigenvalue weighted by molar-refractivity contribution is -0.0289. The van der Waals surface area contributed by atoms with E-state index in [1.54, 1.807) is 7.11 Å². The summed E-state index contributed by atoms with van der Waals surface area (Å²) in [7, 11) is 1.73. The third-order valence-corrected chi connectivity index (χ3v) is 4.32. The second-order valence-electron chi connectivity index (χ2n) is 5.96. The maximum atomic E-state index is 5.66. The molecule has 1 saturated carbocycles.